The molecule has 2 heterocycles. The molecule has 1 aliphatic heterocycles. The summed E-state index contributed by atoms with van der Waals surface area (Å²) in [7, 11) is 0. The lowest BCUT2D eigenvalue weighted by Gasteiger charge is -2.35. The molecule has 0 aromatic carbocycles. The first kappa shape index (κ1) is 12.1. The molecule has 1 saturated heterocycles. The van der Waals surface area contributed by atoms with E-state index in [0.717, 1.165) is 42.8 Å². The summed E-state index contributed by atoms with van der Waals surface area (Å²) in [5, 5.41) is 13.8. The first-order valence-electron chi connectivity index (χ1n) is 5.80. The average Bonchev–Trinajstić information content (AvgIpc) is 2.53. The maximum Gasteiger partial charge on any atom is 0.0794 e. The molecule has 1 aromatic rings. The molecule has 4 nitrogen and oxygen atoms in total. The Kier molecular flexibility index (Phi) is 3.66. The second kappa shape index (κ2) is 4.85. The van der Waals surface area contributed by atoms with E-state index in [4.69, 9.17) is 0 Å². The Morgan fingerprint density at radius 1 is 1.44 bits per heavy atom. The number of aliphatic hydroxyl groups excluding tert-OH is 1. The Morgan fingerprint density at radius 3 is 2.62 bits per heavy atom. The van der Waals surface area contributed by atoms with Crippen molar-refractivity contribution >= 4 is 15.9 Å². The minimum absolute atomic E-state index is 0.137. The molecule has 90 valence electrons. The van der Waals surface area contributed by atoms with E-state index < -0.39 is 0 Å². The molecule has 0 bridgehead atoms. The smallest absolute Gasteiger partial charge is 0.0794 e. The summed E-state index contributed by atoms with van der Waals surface area (Å²) < 4.78 is 3.19. The predicted octanol–water partition coefficient (Wildman–Crippen LogP) is 1.40. The van der Waals surface area contributed by atoms with Gasteiger partial charge in [-0.1, -0.05) is 6.92 Å². The van der Waals surface area contributed by atoms with Crippen molar-refractivity contribution in [3.8, 4) is 0 Å². The number of aromatic nitrogens is 2. The van der Waals surface area contributed by atoms with Crippen LogP contribution in [-0.2, 0) is 19.5 Å². The number of halogens is 1. The Bertz CT molecular complexity index is 372. The molecule has 0 unspecified atom stereocenters. The van der Waals surface area contributed by atoms with Crippen molar-refractivity contribution in [2.24, 2.45) is 0 Å². The lowest BCUT2D eigenvalue weighted by Crippen LogP contribution is -2.50. The Hall–Kier alpha value is -0.390. The van der Waals surface area contributed by atoms with Gasteiger partial charge in [-0.05, 0) is 29.3 Å². The number of β-amino-alcohol motifs (C(OH)–C–C–N with tert-alkyl or cyclic N) is 1. The lowest BCUT2D eigenvalue weighted by atomic mass is 10.1. The fraction of sp³-hybridized carbons (Fsp3) is 0.727. The normalized spacial score (nSPS) is 17.8. The molecule has 0 saturated carbocycles. The third-order valence-corrected chi connectivity index (χ3v) is 3.92. The van der Waals surface area contributed by atoms with Gasteiger partial charge in [-0.3, -0.25) is 9.58 Å². The van der Waals surface area contributed by atoms with E-state index in [1.54, 1.807) is 0 Å². The number of aliphatic hydroxyl groups is 1. The number of rotatable bonds is 4. The average molecular weight is 288 g/mol. The van der Waals surface area contributed by atoms with Gasteiger partial charge in [-0.25, -0.2) is 0 Å². The van der Waals surface area contributed by atoms with Gasteiger partial charge in [0.15, 0.2) is 0 Å². The standard InChI is InChI=1S/C11H18BrN3O/c1-3-9-11(12)10(15(4-2)13-9)7-14-5-8(16)6-14/h8,16H,3-7H2,1-2H3. The van der Waals surface area contributed by atoms with Gasteiger partial charge >= 0.3 is 0 Å². The first-order valence-corrected chi connectivity index (χ1v) is 6.59. The molecule has 1 fully saturated rings. The highest BCUT2D eigenvalue weighted by atomic mass is 79.9. The van der Waals surface area contributed by atoms with Crippen molar-refractivity contribution in [2.75, 3.05) is 13.1 Å². The highest BCUT2D eigenvalue weighted by Gasteiger charge is 2.26. The third-order valence-electron chi connectivity index (χ3n) is 3.01. The fourth-order valence-electron chi connectivity index (χ4n) is 2.05. The van der Waals surface area contributed by atoms with Crippen LogP contribution in [0, 0.1) is 0 Å². The maximum atomic E-state index is 9.27. The van der Waals surface area contributed by atoms with Gasteiger partial charge in [0.1, 0.15) is 0 Å². The highest BCUT2D eigenvalue weighted by molar-refractivity contribution is 9.10. The molecule has 0 radical (unpaired) electrons. The van der Waals surface area contributed by atoms with Crippen LogP contribution < -0.4 is 0 Å². The van der Waals surface area contributed by atoms with Gasteiger partial charge < -0.3 is 5.11 Å². The van der Waals surface area contributed by atoms with Crippen LogP contribution in [0.2, 0.25) is 0 Å². The van der Waals surface area contributed by atoms with E-state index in [1.807, 2.05) is 4.68 Å². The summed E-state index contributed by atoms with van der Waals surface area (Å²) in [5.41, 5.74) is 2.35. The number of aryl methyl sites for hydroxylation is 2. The second-order valence-corrected chi connectivity index (χ2v) is 5.02. The van der Waals surface area contributed by atoms with Crippen LogP contribution in [0.5, 0.6) is 0 Å². The van der Waals surface area contributed by atoms with Crippen molar-refractivity contribution in [2.45, 2.75) is 39.5 Å². The van der Waals surface area contributed by atoms with Crippen LogP contribution in [0.3, 0.4) is 0 Å². The molecular formula is C11H18BrN3O. The van der Waals surface area contributed by atoms with E-state index in [2.05, 4.69) is 39.8 Å². The molecule has 1 N–H and O–H groups in total. The summed E-state index contributed by atoms with van der Waals surface area (Å²) in [6.45, 7) is 7.55. The Balaban J connectivity index is 2.15. The van der Waals surface area contributed by atoms with E-state index in [0.29, 0.717) is 0 Å². The van der Waals surface area contributed by atoms with Gasteiger partial charge in [0, 0.05) is 26.2 Å². The zero-order valence-corrected chi connectivity index (χ0v) is 11.4. The number of nitrogens with zero attached hydrogens (tertiary/aromatic N) is 3. The van der Waals surface area contributed by atoms with Crippen molar-refractivity contribution in [3.63, 3.8) is 0 Å². The van der Waals surface area contributed by atoms with Crippen molar-refractivity contribution in [1.29, 1.82) is 0 Å². The van der Waals surface area contributed by atoms with Crippen LogP contribution >= 0.6 is 15.9 Å². The van der Waals surface area contributed by atoms with Gasteiger partial charge in [0.2, 0.25) is 0 Å². The summed E-state index contributed by atoms with van der Waals surface area (Å²) in [5.74, 6) is 0. The van der Waals surface area contributed by atoms with Gasteiger partial charge in [0.25, 0.3) is 0 Å². The van der Waals surface area contributed by atoms with Crippen molar-refractivity contribution in [3.05, 3.63) is 15.9 Å². The van der Waals surface area contributed by atoms with Crippen molar-refractivity contribution in [1.82, 2.24) is 14.7 Å². The van der Waals surface area contributed by atoms with Crippen LogP contribution in [0.15, 0.2) is 4.47 Å². The molecule has 5 heteroatoms. The summed E-state index contributed by atoms with van der Waals surface area (Å²) in [4.78, 5) is 2.23. The molecular weight excluding hydrogens is 270 g/mol. The topological polar surface area (TPSA) is 41.3 Å². The third kappa shape index (κ3) is 2.17. The summed E-state index contributed by atoms with van der Waals surface area (Å²) >= 11 is 3.63. The minimum atomic E-state index is -0.137. The lowest BCUT2D eigenvalue weighted by molar-refractivity contribution is -0.00437. The second-order valence-electron chi connectivity index (χ2n) is 4.22. The molecule has 1 aromatic heterocycles. The Labute approximate surface area is 104 Å². The first-order chi connectivity index (χ1) is 7.65. The van der Waals surface area contributed by atoms with Crippen LogP contribution in [0.1, 0.15) is 25.2 Å². The predicted molar refractivity (Wildman–Crippen MR) is 66.3 cm³/mol. The molecule has 2 rings (SSSR count). The van der Waals surface area contributed by atoms with Gasteiger partial charge in [0.05, 0.1) is 22.0 Å². The largest absolute Gasteiger partial charge is 0.390 e. The number of hydrogen-bond donors (Lipinski definition) is 1. The zero-order chi connectivity index (χ0) is 11.7. The zero-order valence-electron chi connectivity index (χ0n) is 9.78. The molecule has 0 amide bonds. The molecule has 0 aliphatic carbocycles. The Morgan fingerprint density at radius 2 is 2.12 bits per heavy atom. The van der Waals surface area contributed by atoms with E-state index in [-0.39, 0.29) is 6.10 Å². The molecule has 0 atom stereocenters. The van der Waals surface area contributed by atoms with Crippen LogP contribution in [0.4, 0.5) is 0 Å². The van der Waals surface area contributed by atoms with E-state index in [9.17, 15) is 5.11 Å². The fourth-order valence-corrected chi connectivity index (χ4v) is 2.74. The van der Waals surface area contributed by atoms with E-state index >= 15 is 0 Å². The molecule has 16 heavy (non-hydrogen) atoms. The summed E-state index contributed by atoms with van der Waals surface area (Å²) in [6, 6.07) is 0. The number of hydrogen-bond acceptors (Lipinski definition) is 3. The summed E-state index contributed by atoms with van der Waals surface area (Å²) in [6.07, 6.45) is 0.811. The van der Waals surface area contributed by atoms with Crippen molar-refractivity contribution < 1.29 is 5.11 Å². The quantitative estimate of drug-likeness (QED) is 0.910. The van der Waals surface area contributed by atoms with E-state index in [1.165, 1.54) is 5.69 Å². The maximum absolute atomic E-state index is 9.27. The minimum Gasteiger partial charge on any atom is -0.390 e. The molecule has 1 aliphatic rings. The van der Waals surface area contributed by atoms with Gasteiger partial charge in [-0.15, -0.1) is 0 Å². The van der Waals surface area contributed by atoms with Gasteiger partial charge in [-0.2, -0.15) is 5.10 Å². The monoisotopic (exact) mass is 287 g/mol. The highest BCUT2D eigenvalue weighted by Crippen LogP contribution is 2.25. The molecule has 0 spiro atoms. The van der Waals surface area contributed by atoms with Crippen LogP contribution in [0.25, 0.3) is 0 Å². The van der Waals surface area contributed by atoms with Crippen LogP contribution in [-0.4, -0.2) is 39.0 Å². The SMILES string of the molecule is CCc1nn(CC)c(CN2CC(O)C2)c1Br. The number of likely N-dealkylation sites (tertiary alicyclic amines) is 1.